The molecule has 0 aromatic carbocycles. The Bertz CT molecular complexity index is 172. The normalized spacial score (nSPS) is 31.8. The van der Waals surface area contributed by atoms with Crippen molar-refractivity contribution in [3.05, 3.63) is 0 Å². The van der Waals surface area contributed by atoms with Gasteiger partial charge in [-0.15, -0.1) is 0 Å². The molecule has 2 atom stereocenters. The quantitative estimate of drug-likeness (QED) is 0.623. The number of rotatable bonds is 6. The first-order valence-corrected chi connectivity index (χ1v) is 6.42. The topological polar surface area (TPSA) is 78.1 Å². The average Bonchev–Trinajstić information content (AvgIpc) is 2.25. The van der Waals surface area contributed by atoms with Gasteiger partial charge in [0.05, 0.1) is 0 Å². The number of hydrogen-bond acceptors (Lipinski definition) is 3. The van der Waals surface area contributed by atoms with Gasteiger partial charge in [0, 0.05) is 5.54 Å². The summed E-state index contributed by atoms with van der Waals surface area (Å²) in [6, 6.07) is 0. The van der Waals surface area contributed by atoms with E-state index >= 15 is 0 Å². The molecule has 3 nitrogen and oxygen atoms in total. The van der Waals surface area contributed by atoms with Crippen LogP contribution in [0.1, 0.15) is 51.4 Å². The second kappa shape index (κ2) is 6.46. The van der Waals surface area contributed by atoms with Crippen LogP contribution in [0, 0.1) is 5.92 Å². The van der Waals surface area contributed by atoms with Gasteiger partial charge in [-0.3, -0.25) is 0 Å². The summed E-state index contributed by atoms with van der Waals surface area (Å²) >= 11 is 0. The van der Waals surface area contributed by atoms with E-state index in [-0.39, 0.29) is 5.54 Å². The summed E-state index contributed by atoms with van der Waals surface area (Å²) in [5, 5.41) is 0. The monoisotopic (exact) mass is 213 g/mol. The van der Waals surface area contributed by atoms with E-state index in [0.29, 0.717) is 5.92 Å². The molecule has 6 N–H and O–H groups in total. The maximum absolute atomic E-state index is 6.53. The lowest BCUT2D eigenvalue weighted by Crippen LogP contribution is -2.49. The van der Waals surface area contributed by atoms with Crippen molar-refractivity contribution in [3.8, 4) is 0 Å². The van der Waals surface area contributed by atoms with Crippen molar-refractivity contribution in [2.75, 3.05) is 13.1 Å². The van der Waals surface area contributed by atoms with Gasteiger partial charge in [-0.2, -0.15) is 0 Å². The molecule has 0 radical (unpaired) electrons. The number of hydrogen-bond donors (Lipinski definition) is 3. The van der Waals surface area contributed by atoms with Crippen LogP contribution in [0.15, 0.2) is 0 Å². The zero-order valence-electron chi connectivity index (χ0n) is 9.88. The van der Waals surface area contributed by atoms with Crippen LogP contribution in [0.2, 0.25) is 0 Å². The molecule has 1 rings (SSSR count). The van der Waals surface area contributed by atoms with Crippen LogP contribution in [0.5, 0.6) is 0 Å². The molecule has 0 aromatic rings. The van der Waals surface area contributed by atoms with Crippen molar-refractivity contribution in [1.82, 2.24) is 0 Å². The predicted octanol–water partition coefficient (Wildman–Crippen LogP) is 1.35. The largest absolute Gasteiger partial charge is 0.330 e. The predicted molar refractivity (Wildman–Crippen MR) is 65.5 cm³/mol. The molecule has 1 fully saturated rings. The Morgan fingerprint density at radius 1 is 1.07 bits per heavy atom. The van der Waals surface area contributed by atoms with E-state index in [2.05, 4.69) is 0 Å². The molecule has 0 aromatic heterocycles. The lowest BCUT2D eigenvalue weighted by molar-refractivity contribution is 0.162. The molecule has 1 aliphatic carbocycles. The lowest BCUT2D eigenvalue weighted by atomic mass is 9.69. The van der Waals surface area contributed by atoms with E-state index in [1.807, 2.05) is 0 Å². The molecule has 0 heterocycles. The molecule has 0 amide bonds. The molecule has 0 bridgehead atoms. The third-order valence-electron chi connectivity index (χ3n) is 3.86. The zero-order valence-corrected chi connectivity index (χ0v) is 9.88. The first kappa shape index (κ1) is 12.9. The van der Waals surface area contributed by atoms with Gasteiger partial charge in [-0.1, -0.05) is 12.8 Å². The summed E-state index contributed by atoms with van der Waals surface area (Å²) in [5.74, 6) is 0.682. The summed E-state index contributed by atoms with van der Waals surface area (Å²) in [5.41, 5.74) is 17.7. The highest BCUT2D eigenvalue weighted by molar-refractivity contribution is 4.94. The van der Waals surface area contributed by atoms with Crippen LogP contribution in [0.4, 0.5) is 0 Å². The minimum Gasteiger partial charge on any atom is -0.330 e. The van der Waals surface area contributed by atoms with Crippen molar-refractivity contribution in [1.29, 1.82) is 0 Å². The summed E-state index contributed by atoms with van der Waals surface area (Å²) in [7, 11) is 0. The van der Waals surface area contributed by atoms with Crippen LogP contribution < -0.4 is 17.2 Å². The fourth-order valence-corrected chi connectivity index (χ4v) is 2.89. The molecule has 0 aliphatic heterocycles. The Morgan fingerprint density at radius 3 is 2.47 bits per heavy atom. The van der Waals surface area contributed by atoms with Crippen LogP contribution in [-0.4, -0.2) is 18.6 Å². The summed E-state index contributed by atoms with van der Waals surface area (Å²) in [6.45, 7) is 1.56. The summed E-state index contributed by atoms with van der Waals surface area (Å²) in [6.07, 6.45) is 9.60. The first-order valence-electron chi connectivity index (χ1n) is 6.42. The maximum atomic E-state index is 6.53. The van der Waals surface area contributed by atoms with E-state index in [4.69, 9.17) is 17.2 Å². The van der Waals surface area contributed by atoms with Crippen molar-refractivity contribution in [3.63, 3.8) is 0 Å². The highest BCUT2D eigenvalue weighted by atomic mass is 14.8. The van der Waals surface area contributed by atoms with Crippen molar-refractivity contribution >= 4 is 0 Å². The maximum Gasteiger partial charge on any atom is 0.0183 e. The first-order chi connectivity index (χ1) is 7.23. The molecule has 90 valence electrons. The van der Waals surface area contributed by atoms with Crippen LogP contribution >= 0.6 is 0 Å². The smallest absolute Gasteiger partial charge is 0.0183 e. The second-order valence-corrected chi connectivity index (χ2v) is 5.00. The van der Waals surface area contributed by atoms with Crippen molar-refractivity contribution in [2.45, 2.75) is 56.9 Å². The molecule has 3 heteroatoms. The Balaban J connectivity index is 2.46. The fourth-order valence-electron chi connectivity index (χ4n) is 2.89. The standard InChI is InChI=1S/C12H27N3/c13-9-3-6-11-5-1-2-7-12(11,15)8-4-10-14/h11H,1-10,13-15H2. The Hall–Kier alpha value is -0.120. The minimum atomic E-state index is 0.0623. The molecule has 2 unspecified atom stereocenters. The van der Waals surface area contributed by atoms with E-state index in [0.717, 1.165) is 32.4 Å². The van der Waals surface area contributed by atoms with Gasteiger partial charge in [0.2, 0.25) is 0 Å². The lowest BCUT2D eigenvalue weighted by Gasteiger charge is -2.41. The second-order valence-electron chi connectivity index (χ2n) is 5.00. The van der Waals surface area contributed by atoms with E-state index in [9.17, 15) is 0 Å². The van der Waals surface area contributed by atoms with Crippen LogP contribution in [0.3, 0.4) is 0 Å². The van der Waals surface area contributed by atoms with E-state index in [1.54, 1.807) is 0 Å². The SMILES string of the molecule is NCCCC1CCCCC1(N)CCCN. The highest BCUT2D eigenvalue weighted by Gasteiger charge is 2.35. The highest BCUT2D eigenvalue weighted by Crippen LogP contribution is 2.37. The molecular weight excluding hydrogens is 186 g/mol. The molecule has 1 saturated carbocycles. The van der Waals surface area contributed by atoms with Gasteiger partial charge in [0.25, 0.3) is 0 Å². The Morgan fingerprint density at radius 2 is 1.80 bits per heavy atom. The minimum absolute atomic E-state index is 0.0623. The van der Waals surface area contributed by atoms with Gasteiger partial charge in [0.1, 0.15) is 0 Å². The van der Waals surface area contributed by atoms with E-state index in [1.165, 1.54) is 32.1 Å². The third-order valence-corrected chi connectivity index (χ3v) is 3.86. The summed E-state index contributed by atoms with van der Waals surface area (Å²) < 4.78 is 0. The van der Waals surface area contributed by atoms with Crippen molar-refractivity contribution < 1.29 is 0 Å². The van der Waals surface area contributed by atoms with E-state index < -0.39 is 0 Å². The molecule has 0 saturated heterocycles. The zero-order chi connectivity index (χ0) is 11.1. The Labute approximate surface area is 93.8 Å². The fraction of sp³-hybridized carbons (Fsp3) is 1.00. The van der Waals surface area contributed by atoms with Crippen LogP contribution in [0.25, 0.3) is 0 Å². The van der Waals surface area contributed by atoms with Gasteiger partial charge in [-0.25, -0.2) is 0 Å². The Kier molecular flexibility index (Phi) is 5.58. The molecule has 15 heavy (non-hydrogen) atoms. The van der Waals surface area contributed by atoms with Gasteiger partial charge >= 0.3 is 0 Å². The summed E-state index contributed by atoms with van der Waals surface area (Å²) in [4.78, 5) is 0. The van der Waals surface area contributed by atoms with Gasteiger partial charge in [0.15, 0.2) is 0 Å². The van der Waals surface area contributed by atoms with Crippen LogP contribution in [-0.2, 0) is 0 Å². The molecule has 1 aliphatic rings. The average molecular weight is 213 g/mol. The molecular formula is C12H27N3. The van der Waals surface area contributed by atoms with Crippen molar-refractivity contribution in [2.24, 2.45) is 23.1 Å². The molecule has 0 spiro atoms. The van der Waals surface area contributed by atoms with Gasteiger partial charge < -0.3 is 17.2 Å². The third kappa shape index (κ3) is 3.74. The number of nitrogens with two attached hydrogens (primary N) is 3. The van der Waals surface area contributed by atoms with Gasteiger partial charge in [-0.05, 0) is 57.5 Å².